The Morgan fingerprint density at radius 3 is 2.57 bits per heavy atom. The van der Waals surface area contributed by atoms with Gasteiger partial charge in [-0.05, 0) is 13.3 Å². The first-order valence-electron chi connectivity index (χ1n) is 4.34. The lowest BCUT2D eigenvalue weighted by Gasteiger charge is -2.24. The highest BCUT2D eigenvalue weighted by molar-refractivity contribution is 7.91. The molecule has 4 nitrogen and oxygen atoms in total. The van der Waals surface area contributed by atoms with Crippen molar-refractivity contribution in [1.82, 2.24) is 0 Å². The van der Waals surface area contributed by atoms with Crippen LogP contribution in [0.4, 0.5) is 4.39 Å². The lowest BCUT2D eigenvalue weighted by Crippen LogP contribution is -2.33. The zero-order chi connectivity index (χ0) is 11.0. The Hall–Kier alpha value is -0.650. The van der Waals surface area contributed by atoms with Crippen molar-refractivity contribution in [3.8, 4) is 0 Å². The quantitative estimate of drug-likeness (QED) is 0.763. The third kappa shape index (κ3) is 2.67. The number of carboxylic acid groups (broad SMARTS) is 1. The minimum Gasteiger partial charge on any atom is -0.481 e. The number of alkyl halides is 1. The second-order valence-corrected chi connectivity index (χ2v) is 6.18. The van der Waals surface area contributed by atoms with Crippen LogP contribution in [0.5, 0.6) is 0 Å². The summed E-state index contributed by atoms with van der Waals surface area (Å²) >= 11 is 0. The van der Waals surface area contributed by atoms with E-state index in [0.717, 1.165) is 6.92 Å². The van der Waals surface area contributed by atoms with Gasteiger partial charge in [-0.25, -0.2) is 12.8 Å². The number of aliphatic carboxylic acids is 1. The van der Waals surface area contributed by atoms with Gasteiger partial charge in [0.05, 0.1) is 17.9 Å². The largest absolute Gasteiger partial charge is 0.481 e. The second kappa shape index (κ2) is 3.49. The first kappa shape index (κ1) is 11.4. The molecular weight excluding hydrogens is 211 g/mol. The van der Waals surface area contributed by atoms with Crippen LogP contribution in [0.2, 0.25) is 0 Å². The minimum atomic E-state index is -3.15. The first-order valence-corrected chi connectivity index (χ1v) is 6.16. The standard InChI is InChI=1S/C8H13FO4S/c1-8(9,4-7(10)11)6-2-3-14(12,13)5-6/h6H,2-5H2,1H3,(H,10,11). The monoisotopic (exact) mass is 224 g/mol. The fraction of sp³-hybridized carbons (Fsp3) is 0.875. The van der Waals surface area contributed by atoms with E-state index in [1.54, 1.807) is 0 Å². The van der Waals surface area contributed by atoms with E-state index in [1.165, 1.54) is 0 Å². The predicted molar refractivity (Wildman–Crippen MR) is 48.5 cm³/mol. The molecule has 0 aromatic carbocycles. The number of sulfone groups is 1. The van der Waals surface area contributed by atoms with E-state index < -0.39 is 33.8 Å². The van der Waals surface area contributed by atoms with Crippen LogP contribution in [-0.2, 0) is 14.6 Å². The summed E-state index contributed by atoms with van der Waals surface area (Å²) in [5, 5.41) is 8.45. The first-order chi connectivity index (χ1) is 6.23. The molecule has 0 radical (unpaired) electrons. The summed E-state index contributed by atoms with van der Waals surface area (Å²) in [5.41, 5.74) is -1.92. The smallest absolute Gasteiger partial charge is 0.306 e. The molecule has 1 fully saturated rings. The summed E-state index contributed by atoms with van der Waals surface area (Å²) in [6.07, 6.45) is -0.407. The van der Waals surface area contributed by atoms with Crippen molar-refractivity contribution in [3.05, 3.63) is 0 Å². The van der Waals surface area contributed by atoms with Crippen LogP contribution in [-0.4, -0.2) is 36.7 Å². The molecule has 1 N–H and O–H groups in total. The highest BCUT2D eigenvalue weighted by atomic mass is 32.2. The van der Waals surface area contributed by atoms with Crippen LogP contribution >= 0.6 is 0 Å². The zero-order valence-electron chi connectivity index (χ0n) is 7.86. The Labute approximate surface area is 82.0 Å². The number of hydrogen-bond acceptors (Lipinski definition) is 3. The normalized spacial score (nSPS) is 29.7. The Bertz CT molecular complexity index is 333. The molecular formula is C8H13FO4S. The van der Waals surface area contributed by atoms with Crippen LogP contribution in [0.1, 0.15) is 19.8 Å². The average Bonchev–Trinajstić information content (AvgIpc) is 2.27. The molecule has 1 aliphatic rings. The van der Waals surface area contributed by atoms with Crippen LogP contribution in [0.15, 0.2) is 0 Å². The van der Waals surface area contributed by atoms with E-state index >= 15 is 0 Å². The fourth-order valence-electron chi connectivity index (χ4n) is 1.71. The van der Waals surface area contributed by atoms with Gasteiger partial charge in [0.15, 0.2) is 9.84 Å². The molecule has 6 heteroatoms. The maximum atomic E-state index is 13.7. The summed E-state index contributed by atoms with van der Waals surface area (Å²) in [6, 6.07) is 0. The summed E-state index contributed by atoms with van der Waals surface area (Å²) in [6.45, 7) is 1.16. The summed E-state index contributed by atoms with van der Waals surface area (Å²) in [5.74, 6) is -2.17. The molecule has 0 spiro atoms. The van der Waals surface area contributed by atoms with Gasteiger partial charge in [-0.15, -0.1) is 0 Å². The van der Waals surface area contributed by atoms with E-state index in [9.17, 15) is 17.6 Å². The van der Waals surface area contributed by atoms with Gasteiger partial charge in [-0.2, -0.15) is 0 Å². The van der Waals surface area contributed by atoms with E-state index in [-0.39, 0.29) is 17.9 Å². The summed E-state index contributed by atoms with van der Waals surface area (Å²) < 4.78 is 35.9. The van der Waals surface area contributed by atoms with Gasteiger partial charge in [0.25, 0.3) is 0 Å². The molecule has 0 bridgehead atoms. The molecule has 1 heterocycles. The maximum absolute atomic E-state index is 13.7. The molecule has 0 amide bonds. The number of halogens is 1. The number of carbonyl (C=O) groups is 1. The van der Waals surface area contributed by atoms with Crippen LogP contribution in [0.3, 0.4) is 0 Å². The predicted octanol–water partition coefficient (Wildman–Crippen LogP) is 0.624. The van der Waals surface area contributed by atoms with Crippen molar-refractivity contribution in [1.29, 1.82) is 0 Å². The zero-order valence-corrected chi connectivity index (χ0v) is 8.68. The number of hydrogen-bond donors (Lipinski definition) is 1. The van der Waals surface area contributed by atoms with Gasteiger partial charge < -0.3 is 5.11 Å². The lowest BCUT2D eigenvalue weighted by atomic mass is 9.88. The van der Waals surface area contributed by atoms with Crippen LogP contribution in [0.25, 0.3) is 0 Å². The second-order valence-electron chi connectivity index (χ2n) is 3.95. The van der Waals surface area contributed by atoms with Crippen molar-refractivity contribution in [3.63, 3.8) is 0 Å². The topological polar surface area (TPSA) is 71.4 Å². The molecule has 1 rings (SSSR count). The van der Waals surface area contributed by atoms with E-state index in [1.807, 2.05) is 0 Å². The van der Waals surface area contributed by atoms with Gasteiger partial charge in [0.1, 0.15) is 5.67 Å². The number of rotatable bonds is 3. The minimum absolute atomic E-state index is 0.0310. The van der Waals surface area contributed by atoms with E-state index in [0.29, 0.717) is 0 Å². The molecule has 2 atom stereocenters. The molecule has 1 saturated heterocycles. The molecule has 2 unspecified atom stereocenters. The Morgan fingerprint density at radius 2 is 2.21 bits per heavy atom. The van der Waals surface area contributed by atoms with Crippen molar-refractivity contribution in [2.24, 2.45) is 5.92 Å². The van der Waals surface area contributed by atoms with E-state index in [2.05, 4.69) is 0 Å². The Balaban J connectivity index is 2.71. The Morgan fingerprint density at radius 1 is 1.64 bits per heavy atom. The molecule has 1 aliphatic heterocycles. The number of carboxylic acids is 1. The van der Waals surface area contributed by atoms with Crippen molar-refractivity contribution < 1.29 is 22.7 Å². The average molecular weight is 224 g/mol. The van der Waals surface area contributed by atoms with Gasteiger partial charge in [-0.3, -0.25) is 4.79 Å². The van der Waals surface area contributed by atoms with Crippen LogP contribution in [0, 0.1) is 5.92 Å². The highest BCUT2D eigenvalue weighted by Gasteiger charge is 2.43. The molecule has 0 aliphatic carbocycles. The third-order valence-electron chi connectivity index (χ3n) is 2.58. The summed E-state index contributed by atoms with van der Waals surface area (Å²) in [4.78, 5) is 10.3. The Kier molecular flexibility index (Phi) is 2.85. The highest BCUT2D eigenvalue weighted by Crippen LogP contribution is 2.34. The third-order valence-corrected chi connectivity index (χ3v) is 4.35. The lowest BCUT2D eigenvalue weighted by molar-refractivity contribution is -0.140. The van der Waals surface area contributed by atoms with Gasteiger partial charge in [0.2, 0.25) is 0 Å². The van der Waals surface area contributed by atoms with Crippen molar-refractivity contribution in [2.45, 2.75) is 25.4 Å². The van der Waals surface area contributed by atoms with E-state index in [4.69, 9.17) is 5.11 Å². The fourth-order valence-corrected chi connectivity index (χ4v) is 3.65. The molecule has 0 aromatic rings. The maximum Gasteiger partial charge on any atom is 0.306 e. The molecule has 0 aromatic heterocycles. The van der Waals surface area contributed by atoms with Gasteiger partial charge in [-0.1, -0.05) is 0 Å². The molecule has 0 saturated carbocycles. The van der Waals surface area contributed by atoms with Crippen LogP contribution < -0.4 is 0 Å². The van der Waals surface area contributed by atoms with Gasteiger partial charge >= 0.3 is 5.97 Å². The van der Waals surface area contributed by atoms with Crippen molar-refractivity contribution in [2.75, 3.05) is 11.5 Å². The molecule has 14 heavy (non-hydrogen) atoms. The molecule has 82 valence electrons. The summed E-state index contributed by atoms with van der Waals surface area (Å²) in [7, 11) is -3.15. The van der Waals surface area contributed by atoms with Crippen molar-refractivity contribution >= 4 is 15.8 Å². The van der Waals surface area contributed by atoms with Gasteiger partial charge in [0, 0.05) is 5.92 Å². The SMILES string of the molecule is CC(F)(CC(=O)O)C1CCS(=O)(=O)C1.